The molecule has 0 radical (unpaired) electrons. The van der Waals surface area contributed by atoms with E-state index in [0.717, 1.165) is 99.6 Å². The number of aromatic nitrogens is 3. The van der Waals surface area contributed by atoms with Crippen molar-refractivity contribution in [2.24, 2.45) is 0 Å². The van der Waals surface area contributed by atoms with Crippen molar-refractivity contribution in [1.29, 1.82) is 0 Å². The second kappa shape index (κ2) is 16.9. The first-order valence-corrected chi connectivity index (χ1v) is 25.3. The molecule has 72 heavy (non-hydrogen) atoms. The van der Waals surface area contributed by atoms with Crippen LogP contribution in [0.15, 0.2) is 180 Å². The minimum atomic E-state index is -0.377. The summed E-state index contributed by atoms with van der Waals surface area (Å²) in [5.41, 5.74) is 15.7. The van der Waals surface area contributed by atoms with Crippen molar-refractivity contribution in [3.8, 4) is 56.3 Å². The summed E-state index contributed by atoms with van der Waals surface area (Å²) in [5.74, 6) is 0.927. The molecule has 5 heteroatoms. The van der Waals surface area contributed by atoms with Crippen LogP contribution in [-0.4, -0.2) is 19.6 Å². The van der Waals surface area contributed by atoms with Crippen molar-refractivity contribution < 1.29 is 9.52 Å². The Kier molecular flexibility index (Phi) is 11.0. The predicted molar refractivity (Wildman–Crippen MR) is 302 cm³/mol. The molecule has 8 aromatic carbocycles. The van der Waals surface area contributed by atoms with Gasteiger partial charge in [0.1, 0.15) is 17.2 Å². The number of pyridine rings is 1. The van der Waals surface area contributed by atoms with Crippen molar-refractivity contribution in [2.45, 2.75) is 97.8 Å². The molecule has 11 rings (SSSR count). The number of nitrogens with zero attached hydrogens (tertiary/aromatic N) is 3. The van der Waals surface area contributed by atoms with Crippen LogP contribution in [0.4, 0.5) is 0 Å². The smallest absolute Gasteiger partial charge is 0.153 e. The van der Waals surface area contributed by atoms with Gasteiger partial charge in [-0.3, -0.25) is 9.55 Å². The third kappa shape index (κ3) is 8.05. The lowest BCUT2D eigenvalue weighted by Crippen LogP contribution is -2.19. The first kappa shape index (κ1) is 46.6. The molecule has 0 aliphatic heterocycles. The highest BCUT2D eigenvalue weighted by molar-refractivity contribution is 6.15. The Balaban J connectivity index is 1.21. The molecule has 0 atom stereocenters. The van der Waals surface area contributed by atoms with Gasteiger partial charge < -0.3 is 9.52 Å². The maximum absolute atomic E-state index is 12.7. The fourth-order valence-electron chi connectivity index (χ4n) is 10.5. The topological polar surface area (TPSA) is 64.1 Å². The Bertz CT molecular complexity index is 3890. The van der Waals surface area contributed by atoms with Gasteiger partial charge in [0.05, 0.1) is 34.2 Å². The van der Waals surface area contributed by atoms with Crippen molar-refractivity contribution in [2.75, 3.05) is 0 Å². The number of fused-ring (bicyclic) bond motifs is 6. The highest BCUT2D eigenvalue weighted by atomic mass is 16.3. The quantitative estimate of drug-likeness (QED) is 0.173. The molecule has 0 fully saturated rings. The molecule has 0 bridgehead atoms. The van der Waals surface area contributed by atoms with Crippen molar-refractivity contribution in [3.63, 3.8) is 0 Å². The van der Waals surface area contributed by atoms with E-state index in [1.54, 1.807) is 0 Å². The zero-order valence-electron chi connectivity index (χ0n) is 43.4. The summed E-state index contributed by atoms with van der Waals surface area (Å²) in [6.45, 7) is 24.6. The van der Waals surface area contributed by atoms with Crippen LogP contribution in [0, 0.1) is 0 Å². The molecule has 0 spiro atoms. The first-order valence-electron chi connectivity index (χ1n) is 25.3. The maximum atomic E-state index is 12.7. The number of imidazole rings is 1. The molecule has 0 saturated heterocycles. The molecule has 3 aromatic heterocycles. The molecular weight excluding hydrogens is 879 g/mol. The Hall–Kier alpha value is -7.76. The lowest BCUT2D eigenvalue weighted by molar-refractivity contribution is 0.446. The van der Waals surface area contributed by atoms with E-state index >= 15 is 0 Å². The van der Waals surface area contributed by atoms with Gasteiger partial charge in [0.25, 0.3) is 0 Å². The van der Waals surface area contributed by atoms with Gasteiger partial charge in [-0.2, -0.15) is 0 Å². The number of rotatable bonds is 7. The van der Waals surface area contributed by atoms with Crippen LogP contribution < -0.4 is 0 Å². The van der Waals surface area contributed by atoms with Gasteiger partial charge in [0, 0.05) is 43.8 Å². The number of aromatic hydroxyl groups is 1. The number of furan rings is 1. The molecule has 3 heterocycles. The van der Waals surface area contributed by atoms with E-state index in [1.165, 1.54) is 11.1 Å². The van der Waals surface area contributed by atoms with Crippen LogP contribution in [0.3, 0.4) is 0 Å². The van der Waals surface area contributed by atoms with E-state index in [0.29, 0.717) is 11.4 Å². The highest BCUT2D eigenvalue weighted by Crippen LogP contribution is 2.47. The van der Waals surface area contributed by atoms with E-state index in [2.05, 4.69) is 251 Å². The summed E-state index contributed by atoms with van der Waals surface area (Å²) < 4.78 is 8.84. The molecule has 5 nitrogen and oxygen atoms in total. The Labute approximate surface area is 423 Å². The van der Waals surface area contributed by atoms with Gasteiger partial charge in [-0.1, -0.05) is 197 Å². The fraction of sp³-hybridized carbons (Fsp3) is 0.224. The third-order valence-corrected chi connectivity index (χ3v) is 14.9. The summed E-state index contributed by atoms with van der Waals surface area (Å²) in [7, 11) is 0. The monoisotopic (exact) mass is 941 g/mol. The molecule has 0 amide bonds. The van der Waals surface area contributed by atoms with Crippen LogP contribution >= 0.6 is 0 Å². The number of phenolic OH excluding ortho intramolecular Hbond substituents is 1. The second-order valence-electron chi connectivity index (χ2n) is 23.3. The van der Waals surface area contributed by atoms with E-state index in [-0.39, 0.29) is 27.4 Å². The minimum absolute atomic E-state index is 0.0925. The molecule has 0 saturated carbocycles. The van der Waals surface area contributed by atoms with E-state index in [4.69, 9.17) is 14.4 Å². The van der Waals surface area contributed by atoms with Crippen molar-refractivity contribution in [3.05, 3.63) is 204 Å². The summed E-state index contributed by atoms with van der Waals surface area (Å²) in [6, 6.07) is 60.9. The Morgan fingerprint density at radius 2 is 1.15 bits per heavy atom. The molecule has 0 aliphatic rings. The lowest BCUT2D eigenvalue weighted by atomic mass is 9.76. The van der Waals surface area contributed by atoms with Crippen molar-refractivity contribution in [1.82, 2.24) is 14.5 Å². The number of hydrogen-bond donors (Lipinski definition) is 1. The minimum Gasteiger partial charge on any atom is -0.507 e. The summed E-state index contributed by atoms with van der Waals surface area (Å²) >= 11 is 0. The number of phenols is 1. The number of benzene rings is 8. The Morgan fingerprint density at radius 3 is 1.88 bits per heavy atom. The molecule has 11 aromatic rings. The van der Waals surface area contributed by atoms with Gasteiger partial charge in [0.15, 0.2) is 5.58 Å². The van der Waals surface area contributed by atoms with Crippen LogP contribution in [0.1, 0.15) is 104 Å². The van der Waals surface area contributed by atoms with Crippen LogP contribution in [0.5, 0.6) is 5.75 Å². The third-order valence-electron chi connectivity index (χ3n) is 14.9. The predicted octanol–water partition coefficient (Wildman–Crippen LogP) is 18.1. The highest BCUT2D eigenvalue weighted by Gasteiger charge is 2.31. The SMILES string of the molecule is CC(C)(C)c1ccc(-n2c(-c3cc(C(C)(C)C)cc(C(C)(C)C)c3O)nc3c(-c4cc(-c5cc6c(cn5)oc5c7ccccc7ccc65)cc(C(C)(C)c5ccccc5)c4)cccc32)c(-c2ccccc2)c1. The number of hydrogen-bond acceptors (Lipinski definition) is 4. The normalized spacial score (nSPS) is 12.7. The maximum Gasteiger partial charge on any atom is 0.153 e. The molecule has 1 N–H and O–H groups in total. The molecule has 0 unspecified atom stereocenters. The zero-order chi connectivity index (χ0) is 50.5. The van der Waals surface area contributed by atoms with Crippen LogP contribution in [0.25, 0.3) is 94.3 Å². The van der Waals surface area contributed by atoms with Crippen molar-refractivity contribution >= 4 is 43.7 Å². The van der Waals surface area contributed by atoms with Gasteiger partial charge in [-0.25, -0.2) is 4.98 Å². The fourth-order valence-corrected chi connectivity index (χ4v) is 10.5. The number of para-hydroxylation sites is 1. The van der Waals surface area contributed by atoms with Gasteiger partial charge >= 0.3 is 0 Å². The lowest BCUT2D eigenvalue weighted by Gasteiger charge is -2.28. The molecule has 358 valence electrons. The molecular formula is C67H63N3O2. The average Bonchev–Trinajstić information content (AvgIpc) is 3.94. The largest absolute Gasteiger partial charge is 0.507 e. The van der Waals surface area contributed by atoms with E-state index in [1.807, 2.05) is 6.20 Å². The second-order valence-corrected chi connectivity index (χ2v) is 23.3. The van der Waals surface area contributed by atoms with Gasteiger partial charge in [0.2, 0.25) is 0 Å². The summed E-state index contributed by atoms with van der Waals surface area (Å²) in [4.78, 5) is 10.9. The Morgan fingerprint density at radius 1 is 0.472 bits per heavy atom. The van der Waals surface area contributed by atoms with E-state index < -0.39 is 0 Å². The van der Waals surface area contributed by atoms with Crippen LogP contribution in [-0.2, 0) is 21.7 Å². The zero-order valence-corrected chi connectivity index (χ0v) is 43.4. The van der Waals surface area contributed by atoms with E-state index in [9.17, 15) is 5.11 Å². The van der Waals surface area contributed by atoms with Crippen LogP contribution in [0.2, 0.25) is 0 Å². The standard InChI is InChI=1S/C67H63N3O2/c1-64(2,3)46-30-32-57(52(36-46)41-21-14-12-15-22-41)70-58-28-20-27-49(60(58)69-63(70)54-37-47(65(4,5)6)38-55(61(54)71)66(7,8)9)43-33-44(35-48(34-43)67(10,11)45-24-16-13-17-25-45)56-39-53-51-31-29-42-23-18-19-26-50(42)62(51)72-59(53)40-68-56/h12-40,71H,1-11H3. The average molecular weight is 942 g/mol. The van der Waals surface area contributed by atoms with Gasteiger partial charge in [-0.05, 0) is 104 Å². The van der Waals surface area contributed by atoms with Gasteiger partial charge in [-0.15, -0.1) is 0 Å². The summed E-state index contributed by atoms with van der Waals surface area (Å²) in [5, 5.41) is 17.0. The summed E-state index contributed by atoms with van der Waals surface area (Å²) in [6.07, 6.45) is 1.88. The first-order chi connectivity index (χ1) is 34.3. The molecule has 0 aliphatic carbocycles.